The lowest BCUT2D eigenvalue weighted by Gasteiger charge is -2.36. The molecule has 7 heteroatoms. The number of aromatic nitrogens is 1. The maximum atomic E-state index is 12.7. The highest BCUT2D eigenvalue weighted by atomic mass is 32.1. The second-order valence-corrected chi connectivity index (χ2v) is 8.86. The van der Waals surface area contributed by atoms with Crippen LogP contribution in [0.1, 0.15) is 36.9 Å². The predicted octanol–water partition coefficient (Wildman–Crippen LogP) is 3.47. The van der Waals surface area contributed by atoms with Gasteiger partial charge in [-0.05, 0) is 37.5 Å². The van der Waals surface area contributed by atoms with E-state index in [9.17, 15) is 9.59 Å². The van der Waals surface area contributed by atoms with Crippen molar-refractivity contribution < 1.29 is 9.59 Å². The number of aryl methyl sites for hydroxylation is 1. The lowest BCUT2D eigenvalue weighted by atomic mass is 10.1. The molecule has 1 aliphatic carbocycles. The van der Waals surface area contributed by atoms with Crippen molar-refractivity contribution in [3.63, 3.8) is 0 Å². The van der Waals surface area contributed by atoms with Crippen molar-refractivity contribution in [1.82, 2.24) is 9.88 Å². The smallest absolute Gasteiger partial charge is 0.229 e. The molecule has 0 spiro atoms. The summed E-state index contributed by atoms with van der Waals surface area (Å²) in [7, 11) is 0. The highest BCUT2D eigenvalue weighted by Crippen LogP contribution is 2.27. The number of carbonyl (C=O) groups excluding carboxylic acids is 2. The van der Waals surface area contributed by atoms with Crippen LogP contribution in [0.3, 0.4) is 0 Å². The van der Waals surface area contributed by atoms with E-state index in [1.165, 1.54) is 22.6 Å². The highest BCUT2D eigenvalue weighted by molar-refractivity contribution is 7.13. The van der Waals surface area contributed by atoms with Crippen molar-refractivity contribution in [2.24, 2.45) is 5.92 Å². The molecule has 154 valence electrons. The molecule has 2 aromatic rings. The zero-order valence-corrected chi connectivity index (χ0v) is 17.7. The van der Waals surface area contributed by atoms with E-state index in [-0.39, 0.29) is 17.7 Å². The summed E-state index contributed by atoms with van der Waals surface area (Å²) in [6, 6.07) is 8.49. The van der Waals surface area contributed by atoms with Crippen LogP contribution in [0.15, 0.2) is 29.6 Å². The summed E-state index contributed by atoms with van der Waals surface area (Å²) in [5.41, 5.74) is 3.21. The van der Waals surface area contributed by atoms with Crippen LogP contribution in [0.4, 0.5) is 10.8 Å². The van der Waals surface area contributed by atoms with Crippen LogP contribution in [0, 0.1) is 12.8 Å². The first-order valence-corrected chi connectivity index (χ1v) is 11.3. The second-order valence-electron chi connectivity index (χ2n) is 8.00. The minimum Gasteiger partial charge on any atom is -0.368 e. The van der Waals surface area contributed by atoms with E-state index in [4.69, 9.17) is 0 Å². The summed E-state index contributed by atoms with van der Waals surface area (Å²) in [5.74, 6) is 0.295. The van der Waals surface area contributed by atoms with Gasteiger partial charge in [0.05, 0.1) is 12.1 Å². The maximum Gasteiger partial charge on any atom is 0.229 e. The third-order valence-electron chi connectivity index (χ3n) is 5.84. The first-order chi connectivity index (χ1) is 14.1. The van der Waals surface area contributed by atoms with E-state index in [2.05, 4.69) is 46.4 Å². The molecule has 1 saturated carbocycles. The Labute approximate surface area is 175 Å². The SMILES string of the molecule is Cc1cccc(N2CCN(C(=O)Cc3csc(NC(=O)C4CCCC4)n3)CC2)c1. The van der Waals surface area contributed by atoms with E-state index < -0.39 is 0 Å². The number of thiazole rings is 1. The van der Waals surface area contributed by atoms with E-state index >= 15 is 0 Å². The van der Waals surface area contributed by atoms with Crippen molar-refractivity contribution in [2.75, 3.05) is 36.4 Å². The fraction of sp³-hybridized carbons (Fsp3) is 0.500. The Hall–Kier alpha value is -2.41. The van der Waals surface area contributed by atoms with Crippen LogP contribution in [-0.4, -0.2) is 47.9 Å². The van der Waals surface area contributed by atoms with E-state index in [1.807, 2.05) is 10.3 Å². The molecule has 2 fully saturated rings. The Bertz CT molecular complexity index is 867. The molecule has 0 unspecified atom stereocenters. The Morgan fingerprint density at radius 2 is 1.93 bits per heavy atom. The van der Waals surface area contributed by atoms with Gasteiger partial charge in [-0.1, -0.05) is 25.0 Å². The van der Waals surface area contributed by atoms with Crippen molar-refractivity contribution in [3.05, 3.63) is 40.9 Å². The van der Waals surface area contributed by atoms with Crippen molar-refractivity contribution >= 4 is 34.0 Å². The monoisotopic (exact) mass is 412 g/mol. The summed E-state index contributed by atoms with van der Waals surface area (Å²) < 4.78 is 0. The van der Waals surface area contributed by atoms with Gasteiger partial charge in [0.2, 0.25) is 11.8 Å². The van der Waals surface area contributed by atoms with Crippen LogP contribution in [0.25, 0.3) is 0 Å². The molecule has 4 rings (SSSR count). The largest absolute Gasteiger partial charge is 0.368 e. The number of amides is 2. The number of hydrogen-bond donors (Lipinski definition) is 1. The number of piperazine rings is 1. The molecule has 1 N–H and O–H groups in total. The Morgan fingerprint density at radius 3 is 2.66 bits per heavy atom. The summed E-state index contributed by atoms with van der Waals surface area (Å²) >= 11 is 1.40. The van der Waals surface area contributed by atoms with Crippen LogP contribution >= 0.6 is 11.3 Å². The van der Waals surface area contributed by atoms with Crippen LogP contribution < -0.4 is 10.2 Å². The van der Waals surface area contributed by atoms with Gasteiger partial charge < -0.3 is 15.1 Å². The lowest BCUT2D eigenvalue weighted by molar-refractivity contribution is -0.130. The fourth-order valence-electron chi connectivity index (χ4n) is 4.15. The fourth-order valence-corrected chi connectivity index (χ4v) is 4.86. The van der Waals surface area contributed by atoms with E-state index in [0.29, 0.717) is 11.6 Å². The molecule has 0 atom stereocenters. The maximum absolute atomic E-state index is 12.7. The second kappa shape index (κ2) is 8.95. The Balaban J connectivity index is 1.27. The number of rotatable bonds is 5. The van der Waals surface area contributed by atoms with Crippen molar-refractivity contribution in [2.45, 2.75) is 39.0 Å². The molecule has 2 aliphatic rings. The van der Waals surface area contributed by atoms with E-state index in [0.717, 1.165) is 57.6 Å². The zero-order valence-electron chi connectivity index (χ0n) is 16.9. The summed E-state index contributed by atoms with van der Waals surface area (Å²) in [6.45, 7) is 5.23. The minimum atomic E-state index is 0.0713. The molecule has 1 aromatic heterocycles. The van der Waals surface area contributed by atoms with Crippen LogP contribution in [0.5, 0.6) is 0 Å². The Morgan fingerprint density at radius 1 is 1.17 bits per heavy atom. The van der Waals surface area contributed by atoms with Crippen LogP contribution in [0.2, 0.25) is 0 Å². The number of anilines is 2. The summed E-state index contributed by atoms with van der Waals surface area (Å²) in [6.07, 6.45) is 4.49. The molecular weight excluding hydrogens is 384 g/mol. The van der Waals surface area contributed by atoms with Gasteiger partial charge in [0.15, 0.2) is 5.13 Å². The first-order valence-electron chi connectivity index (χ1n) is 10.4. The highest BCUT2D eigenvalue weighted by Gasteiger charge is 2.24. The minimum absolute atomic E-state index is 0.0713. The summed E-state index contributed by atoms with van der Waals surface area (Å²) in [4.78, 5) is 33.6. The van der Waals surface area contributed by atoms with Crippen LogP contribution in [-0.2, 0) is 16.0 Å². The van der Waals surface area contributed by atoms with Gasteiger partial charge >= 0.3 is 0 Å². The average molecular weight is 413 g/mol. The van der Waals surface area contributed by atoms with Gasteiger partial charge in [0.25, 0.3) is 0 Å². The zero-order chi connectivity index (χ0) is 20.2. The molecule has 2 amide bonds. The van der Waals surface area contributed by atoms with Gasteiger partial charge in [0.1, 0.15) is 0 Å². The topological polar surface area (TPSA) is 65.5 Å². The molecule has 0 radical (unpaired) electrons. The number of nitrogens with zero attached hydrogens (tertiary/aromatic N) is 3. The number of carbonyl (C=O) groups is 2. The standard InChI is InChI=1S/C22H28N4O2S/c1-16-5-4-8-19(13-16)25-9-11-26(12-10-25)20(27)14-18-15-29-22(23-18)24-21(28)17-6-2-3-7-17/h4-5,8,13,15,17H,2-3,6-7,9-12,14H2,1H3,(H,23,24,28). The first kappa shape index (κ1) is 19.9. The van der Waals surface area contributed by atoms with E-state index in [1.54, 1.807) is 0 Å². The number of hydrogen-bond acceptors (Lipinski definition) is 5. The van der Waals surface area contributed by atoms with Gasteiger partial charge in [-0.15, -0.1) is 11.3 Å². The normalized spacial score (nSPS) is 17.6. The Kier molecular flexibility index (Phi) is 6.13. The lowest BCUT2D eigenvalue weighted by Crippen LogP contribution is -2.49. The number of benzene rings is 1. The molecular formula is C22H28N4O2S. The third-order valence-corrected chi connectivity index (χ3v) is 6.65. The van der Waals surface area contributed by atoms with Crippen molar-refractivity contribution in [1.29, 1.82) is 0 Å². The third kappa shape index (κ3) is 4.96. The average Bonchev–Trinajstić information content (AvgIpc) is 3.40. The van der Waals surface area contributed by atoms with Gasteiger partial charge in [-0.25, -0.2) is 4.98 Å². The molecule has 1 aliphatic heterocycles. The molecule has 2 heterocycles. The molecule has 1 saturated heterocycles. The van der Waals surface area contributed by atoms with Gasteiger partial charge in [0, 0.05) is 43.2 Å². The molecule has 0 bridgehead atoms. The molecule has 6 nitrogen and oxygen atoms in total. The summed E-state index contributed by atoms with van der Waals surface area (Å²) in [5, 5.41) is 5.41. The predicted molar refractivity (Wildman–Crippen MR) is 116 cm³/mol. The quantitative estimate of drug-likeness (QED) is 0.817. The molecule has 1 aromatic carbocycles. The number of nitrogens with one attached hydrogen (secondary N) is 1. The molecule has 29 heavy (non-hydrogen) atoms. The van der Waals surface area contributed by atoms with Gasteiger partial charge in [-0.2, -0.15) is 0 Å². The van der Waals surface area contributed by atoms with Gasteiger partial charge in [-0.3, -0.25) is 9.59 Å². The van der Waals surface area contributed by atoms with Crippen molar-refractivity contribution in [3.8, 4) is 0 Å².